The molecule has 0 amide bonds. The summed E-state index contributed by atoms with van der Waals surface area (Å²) in [6.07, 6.45) is 3.32. The SMILES string of the molecule is CCNC(=NCc1c(CC)noc1CC)NCc1coc(-c2ccc(C)cc2)n1. The van der Waals surface area contributed by atoms with Crippen LogP contribution in [-0.2, 0) is 25.9 Å². The molecule has 2 aromatic heterocycles. The van der Waals surface area contributed by atoms with Crippen LogP contribution in [0, 0.1) is 6.92 Å². The van der Waals surface area contributed by atoms with Gasteiger partial charge in [0.05, 0.1) is 24.5 Å². The van der Waals surface area contributed by atoms with Gasteiger partial charge in [0.2, 0.25) is 5.89 Å². The van der Waals surface area contributed by atoms with Crippen LogP contribution >= 0.6 is 0 Å². The van der Waals surface area contributed by atoms with Crippen LogP contribution in [0.4, 0.5) is 0 Å². The van der Waals surface area contributed by atoms with Gasteiger partial charge in [0.15, 0.2) is 5.96 Å². The Bertz CT molecular complexity index is 919. The number of hydrogen-bond donors (Lipinski definition) is 2. The third kappa shape index (κ3) is 5.25. The first kappa shape index (κ1) is 20.6. The first-order valence-corrected chi connectivity index (χ1v) is 10.1. The molecule has 0 fully saturated rings. The molecule has 0 bridgehead atoms. The average Bonchev–Trinajstić information content (AvgIpc) is 3.37. The second-order valence-electron chi connectivity index (χ2n) is 6.80. The normalized spacial score (nSPS) is 11.7. The minimum Gasteiger partial charge on any atom is -0.444 e. The van der Waals surface area contributed by atoms with Gasteiger partial charge in [0, 0.05) is 24.1 Å². The van der Waals surface area contributed by atoms with Crippen molar-refractivity contribution in [3.63, 3.8) is 0 Å². The van der Waals surface area contributed by atoms with Crippen LogP contribution < -0.4 is 10.6 Å². The molecule has 3 aromatic rings. The van der Waals surface area contributed by atoms with Crippen molar-refractivity contribution >= 4 is 5.96 Å². The molecule has 2 N–H and O–H groups in total. The Morgan fingerprint density at radius 2 is 1.86 bits per heavy atom. The van der Waals surface area contributed by atoms with E-state index in [1.54, 1.807) is 6.26 Å². The molecule has 0 unspecified atom stereocenters. The zero-order valence-electron chi connectivity index (χ0n) is 17.6. The minimum absolute atomic E-state index is 0.520. The van der Waals surface area contributed by atoms with E-state index >= 15 is 0 Å². The molecule has 7 nitrogen and oxygen atoms in total. The highest BCUT2D eigenvalue weighted by atomic mass is 16.5. The standard InChI is InChI=1S/C22H29N5O2/c1-5-19-18(20(6-2)29-27-19)13-25-22(23-7-3)24-12-17-14-28-21(26-17)16-10-8-15(4)9-11-16/h8-11,14H,5-7,12-13H2,1-4H3,(H2,23,24,25). The fourth-order valence-electron chi connectivity index (χ4n) is 3.01. The lowest BCUT2D eigenvalue weighted by Gasteiger charge is -2.10. The number of guanidine groups is 1. The molecule has 0 radical (unpaired) electrons. The van der Waals surface area contributed by atoms with Crippen molar-refractivity contribution in [3.8, 4) is 11.5 Å². The molecular formula is C22H29N5O2. The fourth-order valence-corrected chi connectivity index (χ4v) is 3.01. The topological polar surface area (TPSA) is 88.5 Å². The fraction of sp³-hybridized carbons (Fsp3) is 0.409. The highest BCUT2D eigenvalue weighted by molar-refractivity contribution is 5.79. The predicted molar refractivity (Wildman–Crippen MR) is 114 cm³/mol. The summed E-state index contributed by atoms with van der Waals surface area (Å²) < 4.78 is 11.1. The van der Waals surface area contributed by atoms with Crippen LogP contribution in [0.2, 0.25) is 0 Å². The monoisotopic (exact) mass is 395 g/mol. The Kier molecular flexibility index (Phi) is 7.05. The Hall–Kier alpha value is -3.09. The van der Waals surface area contributed by atoms with Crippen molar-refractivity contribution in [2.75, 3.05) is 6.54 Å². The molecule has 0 aliphatic carbocycles. The van der Waals surface area contributed by atoms with Gasteiger partial charge in [0.1, 0.15) is 12.0 Å². The smallest absolute Gasteiger partial charge is 0.226 e. The second kappa shape index (κ2) is 9.91. The molecule has 0 spiro atoms. The largest absolute Gasteiger partial charge is 0.444 e. The molecule has 154 valence electrons. The molecule has 2 heterocycles. The van der Waals surface area contributed by atoms with Gasteiger partial charge in [-0.1, -0.05) is 36.7 Å². The molecule has 7 heteroatoms. The summed E-state index contributed by atoms with van der Waals surface area (Å²) in [4.78, 5) is 9.27. The Labute approximate surface area is 171 Å². The maximum Gasteiger partial charge on any atom is 0.226 e. The third-order valence-corrected chi connectivity index (χ3v) is 4.63. The summed E-state index contributed by atoms with van der Waals surface area (Å²) in [6.45, 7) is 10.0. The van der Waals surface area contributed by atoms with E-state index in [9.17, 15) is 0 Å². The Balaban J connectivity index is 1.66. The van der Waals surface area contributed by atoms with Gasteiger partial charge in [-0.2, -0.15) is 0 Å². The highest BCUT2D eigenvalue weighted by Crippen LogP contribution is 2.19. The third-order valence-electron chi connectivity index (χ3n) is 4.63. The van der Waals surface area contributed by atoms with Crippen LogP contribution in [-0.4, -0.2) is 22.6 Å². The van der Waals surface area contributed by atoms with Gasteiger partial charge in [-0.15, -0.1) is 0 Å². The van der Waals surface area contributed by atoms with E-state index in [4.69, 9.17) is 13.9 Å². The number of aromatic nitrogens is 2. The van der Waals surface area contributed by atoms with Crippen molar-refractivity contribution in [2.45, 2.75) is 53.6 Å². The number of hydrogen-bond acceptors (Lipinski definition) is 5. The van der Waals surface area contributed by atoms with Crippen molar-refractivity contribution in [3.05, 3.63) is 58.8 Å². The molecule has 0 atom stereocenters. The van der Waals surface area contributed by atoms with Crippen LogP contribution in [0.5, 0.6) is 0 Å². The molecule has 0 saturated carbocycles. The number of nitrogens with one attached hydrogen (secondary N) is 2. The van der Waals surface area contributed by atoms with Gasteiger partial charge in [-0.3, -0.25) is 0 Å². The summed E-state index contributed by atoms with van der Waals surface area (Å²) in [5.74, 6) is 2.24. The molecule has 0 aliphatic rings. The van der Waals surface area contributed by atoms with Crippen LogP contribution in [0.15, 0.2) is 44.5 Å². The summed E-state index contributed by atoms with van der Waals surface area (Å²) in [5, 5.41) is 10.7. The van der Waals surface area contributed by atoms with E-state index < -0.39 is 0 Å². The highest BCUT2D eigenvalue weighted by Gasteiger charge is 2.13. The van der Waals surface area contributed by atoms with Crippen LogP contribution in [0.25, 0.3) is 11.5 Å². The first-order chi connectivity index (χ1) is 14.1. The molecule has 3 rings (SSSR count). The predicted octanol–water partition coefficient (Wildman–Crippen LogP) is 4.02. The number of aliphatic imine (C=N–C) groups is 1. The Morgan fingerprint density at radius 3 is 2.55 bits per heavy atom. The van der Waals surface area contributed by atoms with Crippen molar-refractivity contribution < 1.29 is 8.94 Å². The molecular weight excluding hydrogens is 366 g/mol. The van der Waals surface area contributed by atoms with Gasteiger partial charge >= 0.3 is 0 Å². The van der Waals surface area contributed by atoms with Crippen molar-refractivity contribution in [2.24, 2.45) is 4.99 Å². The summed E-state index contributed by atoms with van der Waals surface area (Å²) >= 11 is 0. The van der Waals surface area contributed by atoms with Gasteiger partial charge in [-0.25, -0.2) is 9.98 Å². The zero-order chi connectivity index (χ0) is 20.6. The minimum atomic E-state index is 0.520. The maximum absolute atomic E-state index is 5.63. The van der Waals surface area contributed by atoms with Crippen LogP contribution in [0.3, 0.4) is 0 Å². The number of aryl methyl sites for hydroxylation is 3. The van der Waals surface area contributed by atoms with E-state index in [1.165, 1.54) is 5.56 Å². The lowest BCUT2D eigenvalue weighted by atomic mass is 10.1. The second-order valence-corrected chi connectivity index (χ2v) is 6.80. The Morgan fingerprint density at radius 1 is 1.07 bits per heavy atom. The van der Waals surface area contributed by atoms with E-state index in [2.05, 4.69) is 41.5 Å². The van der Waals surface area contributed by atoms with E-state index in [-0.39, 0.29) is 0 Å². The maximum atomic E-state index is 5.63. The van der Waals surface area contributed by atoms with Crippen LogP contribution in [0.1, 0.15) is 49.0 Å². The summed E-state index contributed by atoms with van der Waals surface area (Å²) in [6, 6.07) is 8.12. The van der Waals surface area contributed by atoms with Crippen molar-refractivity contribution in [1.29, 1.82) is 0 Å². The molecule has 0 aliphatic heterocycles. The van der Waals surface area contributed by atoms with E-state index in [1.807, 2.05) is 31.2 Å². The number of nitrogens with zero attached hydrogens (tertiary/aromatic N) is 3. The number of oxazole rings is 1. The van der Waals surface area contributed by atoms with Gasteiger partial charge in [-0.05, 0) is 32.4 Å². The average molecular weight is 396 g/mol. The van der Waals surface area contributed by atoms with E-state index in [0.717, 1.165) is 53.6 Å². The number of benzene rings is 1. The molecule has 0 saturated heterocycles. The summed E-state index contributed by atoms with van der Waals surface area (Å²) in [7, 11) is 0. The first-order valence-electron chi connectivity index (χ1n) is 10.1. The number of rotatable bonds is 8. The lowest BCUT2D eigenvalue weighted by Crippen LogP contribution is -2.36. The lowest BCUT2D eigenvalue weighted by molar-refractivity contribution is 0.380. The zero-order valence-corrected chi connectivity index (χ0v) is 17.6. The van der Waals surface area contributed by atoms with Crippen molar-refractivity contribution in [1.82, 2.24) is 20.8 Å². The summed E-state index contributed by atoms with van der Waals surface area (Å²) in [5.41, 5.74) is 5.05. The van der Waals surface area contributed by atoms with Gasteiger partial charge in [0.25, 0.3) is 0 Å². The van der Waals surface area contributed by atoms with E-state index in [0.29, 0.717) is 19.0 Å². The van der Waals surface area contributed by atoms with Gasteiger partial charge < -0.3 is 19.6 Å². The molecule has 1 aromatic carbocycles. The quantitative estimate of drug-likeness (QED) is 0.442. The molecule has 29 heavy (non-hydrogen) atoms.